The van der Waals surface area contributed by atoms with Crippen molar-refractivity contribution in [3.8, 4) is 0 Å². The van der Waals surface area contributed by atoms with Gasteiger partial charge in [0, 0.05) is 43.2 Å². The number of nitrogens with zero attached hydrogens (tertiary/aromatic N) is 2. The van der Waals surface area contributed by atoms with Gasteiger partial charge in [-0.2, -0.15) is 0 Å². The third-order valence-electron chi connectivity index (χ3n) is 6.40. The number of non-ortho nitro benzene ring substituents is 1. The van der Waals surface area contributed by atoms with Crippen LogP contribution in [0.2, 0.25) is 0 Å². The van der Waals surface area contributed by atoms with Crippen molar-refractivity contribution in [3.05, 3.63) is 75.6 Å². The maximum absolute atomic E-state index is 13.0. The SMILES string of the molecule is CC(CC(=O)c1ccc(F)cc1)N1CC2CC(c3ccc([N+](=O)[O-])cc3)C2C1. The molecule has 2 fully saturated rings. The average Bonchev–Trinajstić information content (AvgIpc) is 2.99. The molecule has 4 unspecified atom stereocenters. The molecule has 1 aliphatic heterocycles. The predicted molar refractivity (Wildman–Crippen MR) is 104 cm³/mol. The smallest absolute Gasteiger partial charge is 0.269 e. The van der Waals surface area contributed by atoms with Crippen LogP contribution in [0.1, 0.15) is 41.6 Å². The number of benzene rings is 2. The molecular weight excluding hydrogens is 359 g/mol. The minimum absolute atomic E-state index is 0.0404. The lowest BCUT2D eigenvalue weighted by Crippen LogP contribution is -2.33. The molecule has 0 spiro atoms. The molecule has 0 aromatic heterocycles. The van der Waals surface area contributed by atoms with Crippen molar-refractivity contribution in [1.82, 2.24) is 4.90 Å². The number of ketones is 1. The minimum Gasteiger partial charge on any atom is -0.300 e. The van der Waals surface area contributed by atoms with Crippen LogP contribution < -0.4 is 0 Å². The number of rotatable bonds is 6. The minimum atomic E-state index is -0.371. The number of halogens is 1. The first-order chi connectivity index (χ1) is 13.4. The summed E-state index contributed by atoms with van der Waals surface area (Å²) < 4.78 is 13.0. The van der Waals surface area contributed by atoms with Gasteiger partial charge in [-0.15, -0.1) is 0 Å². The third kappa shape index (κ3) is 3.56. The van der Waals surface area contributed by atoms with E-state index in [0.717, 1.165) is 19.5 Å². The van der Waals surface area contributed by atoms with Crippen LogP contribution in [0.4, 0.5) is 10.1 Å². The van der Waals surface area contributed by atoms with E-state index in [4.69, 9.17) is 0 Å². The molecule has 2 aromatic rings. The van der Waals surface area contributed by atoms with Gasteiger partial charge < -0.3 is 0 Å². The Morgan fingerprint density at radius 2 is 1.86 bits per heavy atom. The van der Waals surface area contributed by atoms with Crippen molar-refractivity contribution in [2.24, 2.45) is 11.8 Å². The number of hydrogen-bond acceptors (Lipinski definition) is 4. The van der Waals surface area contributed by atoms with Crippen LogP contribution in [0, 0.1) is 27.8 Å². The fourth-order valence-electron chi connectivity index (χ4n) is 4.68. The van der Waals surface area contributed by atoms with E-state index in [1.54, 1.807) is 24.3 Å². The zero-order chi connectivity index (χ0) is 19.8. The second-order valence-electron chi connectivity index (χ2n) is 8.05. The van der Waals surface area contributed by atoms with E-state index in [-0.39, 0.29) is 28.3 Å². The topological polar surface area (TPSA) is 63.5 Å². The molecule has 4 atom stereocenters. The first-order valence-electron chi connectivity index (χ1n) is 9.69. The van der Waals surface area contributed by atoms with Gasteiger partial charge in [0.25, 0.3) is 5.69 Å². The van der Waals surface area contributed by atoms with Crippen LogP contribution >= 0.6 is 0 Å². The number of carbonyl (C=O) groups excluding carboxylic acids is 1. The Kier molecular flexibility index (Phi) is 4.98. The molecule has 0 bridgehead atoms. The number of likely N-dealkylation sites (tertiary alicyclic amines) is 1. The van der Waals surface area contributed by atoms with E-state index in [2.05, 4.69) is 11.8 Å². The number of hydrogen-bond donors (Lipinski definition) is 0. The highest BCUT2D eigenvalue weighted by Gasteiger charge is 2.48. The molecule has 0 radical (unpaired) electrons. The number of fused-ring (bicyclic) bond motifs is 1. The van der Waals surface area contributed by atoms with Gasteiger partial charge in [0.2, 0.25) is 0 Å². The summed E-state index contributed by atoms with van der Waals surface area (Å²) in [4.78, 5) is 25.3. The van der Waals surface area contributed by atoms with Gasteiger partial charge in [-0.05, 0) is 60.9 Å². The number of nitro groups is 1. The van der Waals surface area contributed by atoms with Crippen LogP contribution in [0.15, 0.2) is 48.5 Å². The van der Waals surface area contributed by atoms with Gasteiger partial charge in [0.1, 0.15) is 5.82 Å². The Morgan fingerprint density at radius 1 is 1.18 bits per heavy atom. The van der Waals surface area contributed by atoms with E-state index in [0.29, 0.717) is 29.7 Å². The van der Waals surface area contributed by atoms with Crippen LogP contribution in [0.25, 0.3) is 0 Å². The lowest BCUT2D eigenvalue weighted by atomic mass is 9.64. The van der Waals surface area contributed by atoms with Crippen LogP contribution in [-0.4, -0.2) is 34.7 Å². The summed E-state index contributed by atoms with van der Waals surface area (Å²) in [6.45, 7) is 4.02. The second-order valence-corrected chi connectivity index (χ2v) is 8.05. The summed E-state index contributed by atoms with van der Waals surface area (Å²) in [6, 6.07) is 12.8. The highest BCUT2D eigenvalue weighted by molar-refractivity contribution is 5.96. The second kappa shape index (κ2) is 7.43. The van der Waals surface area contributed by atoms with Gasteiger partial charge >= 0.3 is 0 Å². The molecule has 4 rings (SSSR count). The maximum atomic E-state index is 13.0. The summed E-state index contributed by atoms with van der Waals surface area (Å²) in [5.74, 6) is 1.32. The van der Waals surface area contributed by atoms with E-state index in [9.17, 15) is 19.3 Å². The zero-order valence-electron chi connectivity index (χ0n) is 15.8. The van der Waals surface area contributed by atoms with Crippen molar-refractivity contribution in [1.29, 1.82) is 0 Å². The first-order valence-corrected chi connectivity index (χ1v) is 9.69. The highest BCUT2D eigenvalue weighted by Crippen LogP contribution is 2.51. The maximum Gasteiger partial charge on any atom is 0.269 e. The van der Waals surface area contributed by atoms with E-state index >= 15 is 0 Å². The van der Waals surface area contributed by atoms with E-state index in [1.807, 2.05) is 12.1 Å². The Morgan fingerprint density at radius 3 is 2.50 bits per heavy atom. The van der Waals surface area contributed by atoms with Crippen molar-refractivity contribution in [2.75, 3.05) is 13.1 Å². The molecule has 6 heteroatoms. The van der Waals surface area contributed by atoms with Gasteiger partial charge in [0.05, 0.1) is 4.92 Å². The normalized spacial score (nSPS) is 25.0. The molecule has 1 saturated heterocycles. The molecule has 2 aliphatic rings. The molecule has 5 nitrogen and oxygen atoms in total. The molecule has 28 heavy (non-hydrogen) atoms. The summed E-state index contributed by atoms with van der Waals surface area (Å²) in [6.07, 6.45) is 1.52. The Bertz CT molecular complexity index is 882. The van der Waals surface area contributed by atoms with Gasteiger partial charge in [0.15, 0.2) is 5.78 Å². The number of carbonyl (C=O) groups is 1. The van der Waals surface area contributed by atoms with E-state index in [1.165, 1.54) is 17.7 Å². The quantitative estimate of drug-likeness (QED) is 0.421. The monoisotopic (exact) mass is 382 g/mol. The molecule has 146 valence electrons. The Balaban J connectivity index is 1.35. The van der Waals surface area contributed by atoms with Gasteiger partial charge in [-0.1, -0.05) is 12.1 Å². The summed E-state index contributed by atoms with van der Waals surface area (Å²) in [7, 11) is 0. The van der Waals surface area contributed by atoms with Gasteiger partial charge in [-0.25, -0.2) is 4.39 Å². The predicted octanol–water partition coefficient (Wildman–Crippen LogP) is 4.43. The largest absolute Gasteiger partial charge is 0.300 e. The number of Topliss-reactive ketones (excluding diaryl/α,β-unsaturated/α-hetero) is 1. The van der Waals surface area contributed by atoms with Crippen LogP contribution in [-0.2, 0) is 0 Å². The molecule has 0 amide bonds. The lowest BCUT2D eigenvalue weighted by molar-refractivity contribution is -0.384. The molecular formula is C22H23FN2O3. The third-order valence-corrected chi connectivity index (χ3v) is 6.40. The summed E-state index contributed by atoms with van der Waals surface area (Å²) in [5, 5.41) is 10.8. The number of nitro benzene ring substituents is 1. The molecule has 0 N–H and O–H groups in total. The molecule has 1 saturated carbocycles. The first kappa shape index (κ1) is 18.7. The molecule has 1 heterocycles. The fraction of sp³-hybridized carbons (Fsp3) is 0.409. The zero-order valence-corrected chi connectivity index (χ0v) is 15.8. The van der Waals surface area contributed by atoms with Crippen molar-refractivity contribution >= 4 is 11.5 Å². The van der Waals surface area contributed by atoms with Crippen LogP contribution in [0.5, 0.6) is 0 Å². The van der Waals surface area contributed by atoms with Crippen molar-refractivity contribution in [3.63, 3.8) is 0 Å². The molecule has 2 aromatic carbocycles. The molecule has 1 aliphatic carbocycles. The lowest BCUT2D eigenvalue weighted by Gasteiger charge is -2.40. The van der Waals surface area contributed by atoms with E-state index < -0.39 is 0 Å². The standard InChI is InChI=1S/C22H23FN2O3/c1-14(10-22(26)16-2-6-18(23)7-3-16)24-12-17-11-20(21(17)13-24)15-4-8-19(9-5-15)25(27)28/h2-9,14,17,20-21H,10-13H2,1H3. The fourth-order valence-corrected chi connectivity index (χ4v) is 4.68. The average molecular weight is 382 g/mol. The van der Waals surface area contributed by atoms with Crippen LogP contribution in [0.3, 0.4) is 0 Å². The Labute approximate surface area is 163 Å². The Hall–Kier alpha value is -2.60. The highest BCUT2D eigenvalue weighted by atomic mass is 19.1. The van der Waals surface area contributed by atoms with Crippen molar-refractivity contribution in [2.45, 2.75) is 31.7 Å². The summed E-state index contributed by atoms with van der Waals surface area (Å²) in [5.41, 5.74) is 1.85. The summed E-state index contributed by atoms with van der Waals surface area (Å²) >= 11 is 0. The van der Waals surface area contributed by atoms with Gasteiger partial charge in [-0.3, -0.25) is 19.8 Å². The van der Waals surface area contributed by atoms with Crippen molar-refractivity contribution < 1.29 is 14.1 Å².